The fourth-order valence-electron chi connectivity index (χ4n) is 1.46. The standard InChI is InChI=1S/C10H8ClNO4/c11-7-2-1-6(9(13)14)5-8(7)12-3-4-16-10(12)15/h1-2,5H,3-4H2,(H,13,14). The lowest BCUT2D eigenvalue weighted by Gasteiger charge is -2.14. The molecule has 2 rings (SSSR count). The molecular weight excluding hydrogens is 234 g/mol. The van der Waals surface area contributed by atoms with Crippen LogP contribution in [0, 0.1) is 0 Å². The lowest BCUT2D eigenvalue weighted by atomic mass is 10.2. The monoisotopic (exact) mass is 241 g/mol. The van der Waals surface area contributed by atoms with Gasteiger partial charge in [-0.3, -0.25) is 4.90 Å². The fourth-order valence-corrected chi connectivity index (χ4v) is 1.68. The van der Waals surface area contributed by atoms with Crippen LogP contribution in [0.4, 0.5) is 10.5 Å². The van der Waals surface area contributed by atoms with Crippen LogP contribution in [0.1, 0.15) is 10.4 Å². The minimum absolute atomic E-state index is 0.0825. The number of hydrogen-bond donors (Lipinski definition) is 1. The van der Waals surface area contributed by atoms with E-state index in [0.717, 1.165) is 0 Å². The Morgan fingerprint density at radius 2 is 2.25 bits per heavy atom. The lowest BCUT2D eigenvalue weighted by molar-refractivity contribution is 0.0697. The average molecular weight is 242 g/mol. The van der Waals surface area contributed by atoms with E-state index in [1.807, 2.05) is 0 Å². The minimum atomic E-state index is -1.06. The van der Waals surface area contributed by atoms with Crippen molar-refractivity contribution in [2.45, 2.75) is 0 Å². The average Bonchev–Trinajstić information content (AvgIpc) is 2.65. The molecule has 0 bridgehead atoms. The normalized spacial score (nSPS) is 15.1. The number of carbonyl (C=O) groups excluding carboxylic acids is 1. The van der Waals surface area contributed by atoms with Crippen LogP contribution < -0.4 is 4.90 Å². The number of rotatable bonds is 2. The maximum absolute atomic E-state index is 11.3. The van der Waals surface area contributed by atoms with Crippen molar-refractivity contribution in [1.82, 2.24) is 0 Å². The molecule has 1 aromatic carbocycles. The van der Waals surface area contributed by atoms with Gasteiger partial charge in [0.25, 0.3) is 0 Å². The van der Waals surface area contributed by atoms with Gasteiger partial charge >= 0.3 is 12.1 Å². The van der Waals surface area contributed by atoms with Crippen LogP contribution >= 0.6 is 11.6 Å². The maximum atomic E-state index is 11.3. The second kappa shape index (κ2) is 4.02. The van der Waals surface area contributed by atoms with Crippen molar-refractivity contribution in [2.24, 2.45) is 0 Å². The number of carboxylic acids is 1. The third-order valence-corrected chi connectivity index (χ3v) is 2.56. The summed E-state index contributed by atoms with van der Waals surface area (Å²) in [4.78, 5) is 23.4. The van der Waals surface area contributed by atoms with E-state index in [1.165, 1.54) is 23.1 Å². The summed E-state index contributed by atoms with van der Waals surface area (Å²) >= 11 is 5.90. The highest BCUT2D eigenvalue weighted by Crippen LogP contribution is 2.29. The highest BCUT2D eigenvalue weighted by atomic mass is 35.5. The zero-order valence-electron chi connectivity index (χ0n) is 8.14. The molecule has 0 aromatic heterocycles. The van der Waals surface area contributed by atoms with E-state index in [4.69, 9.17) is 21.4 Å². The Labute approximate surface area is 96.2 Å². The number of carboxylic acid groups (broad SMARTS) is 1. The highest BCUT2D eigenvalue weighted by molar-refractivity contribution is 6.34. The summed E-state index contributed by atoms with van der Waals surface area (Å²) in [6.07, 6.45) is -0.510. The Morgan fingerprint density at radius 3 is 2.81 bits per heavy atom. The van der Waals surface area contributed by atoms with Gasteiger partial charge in [-0.05, 0) is 18.2 Å². The molecule has 0 saturated carbocycles. The van der Waals surface area contributed by atoms with E-state index in [-0.39, 0.29) is 12.2 Å². The first kappa shape index (κ1) is 10.8. The van der Waals surface area contributed by atoms with E-state index in [2.05, 4.69) is 0 Å². The van der Waals surface area contributed by atoms with Crippen LogP contribution in [0.5, 0.6) is 0 Å². The third-order valence-electron chi connectivity index (χ3n) is 2.24. The summed E-state index contributed by atoms with van der Waals surface area (Å²) in [5.74, 6) is -1.06. The molecule has 1 heterocycles. The molecule has 16 heavy (non-hydrogen) atoms. The number of benzene rings is 1. The summed E-state index contributed by atoms with van der Waals surface area (Å²) in [7, 11) is 0. The number of cyclic esters (lactones) is 1. The van der Waals surface area contributed by atoms with Gasteiger partial charge in [-0.25, -0.2) is 9.59 Å². The highest BCUT2D eigenvalue weighted by Gasteiger charge is 2.26. The molecule has 5 nitrogen and oxygen atoms in total. The molecule has 0 aliphatic carbocycles. The largest absolute Gasteiger partial charge is 0.478 e. The zero-order valence-corrected chi connectivity index (χ0v) is 8.90. The number of aromatic carboxylic acids is 1. The molecule has 0 radical (unpaired) electrons. The van der Waals surface area contributed by atoms with Gasteiger partial charge in [-0.1, -0.05) is 11.6 Å². The second-order valence-corrected chi connectivity index (χ2v) is 3.64. The Bertz CT molecular complexity index is 460. The molecule has 1 amide bonds. The van der Waals surface area contributed by atoms with Gasteiger partial charge in [0.1, 0.15) is 6.61 Å². The van der Waals surface area contributed by atoms with Gasteiger partial charge in [0.2, 0.25) is 0 Å². The predicted molar refractivity (Wildman–Crippen MR) is 57.1 cm³/mol. The van der Waals surface area contributed by atoms with Crippen molar-refractivity contribution < 1.29 is 19.4 Å². The van der Waals surface area contributed by atoms with E-state index >= 15 is 0 Å². The number of carbonyl (C=O) groups is 2. The van der Waals surface area contributed by atoms with Crippen LogP contribution in [0.3, 0.4) is 0 Å². The molecule has 1 aromatic rings. The Hall–Kier alpha value is -1.75. The van der Waals surface area contributed by atoms with Crippen molar-refractivity contribution >= 4 is 29.4 Å². The molecule has 1 aliphatic rings. The predicted octanol–water partition coefficient (Wildman–Crippen LogP) is 1.99. The summed E-state index contributed by atoms with van der Waals surface area (Å²) in [5.41, 5.74) is 0.447. The van der Waals surface area contributed by atoms with Crippen molar-refractivity contribution in [3.63, 3.8) is 0 Å². The molecule has 0 spiro atoms. The lowest BCUT2D eigenvalue weighted by Crippen LogP contribution is -2.23. The molecule has 0 atom stereocenters. The Kier molecular flexibility index (Phi) is 2.70. The second-order valence-electron chi connectivity index (χ2n) is 3.24. The number of halogens is 1. The van der Waals surface area contributed by atoms with Gasteiger partial charge in [0.05, 0.1) is 22.8 Å². The topological polar surface area (TPSA) is 66.8 Å². The summed E-state index contributed by atoms with van der Waals surface area (Å²) in [6.45, 7) is 0.661. The number of amides is 1. The zero-order chi connectivity index (χ0) is 11.7. The maximum Gasteiger partial charge on any atom is 0.414 e. The molecule has 1 aliphatic heterocycles. The van der Waals surface area contributed by atoms with Gasteiger partial charge in [-0.15, -0.1) is 0 Å². The SMILES string of the molecule is O=C(O)c1ccc(Cl)c(N2CCOC2=O)c1. The van der Waals surface area contributed by atoms with E-state index < -0.39 is 12.1 Å². The van der Waals surface area contributed by atoms with Crippen LogP contribution in [-0.4, -0.2) is 30.3 Å². The molecule has 0 unspecified atom stereocenters. The summed E-state index contributed by atoms with van der Waals surface area (Å²) in [6, 6.07) is 4.19. The summed E-state index contributed by atoms with van der Waals surface area (Å²) < 4.78 is 4.76. The van der Waals surface area contributed by atoms with Gasteiger partial charge < -0.3 is 9.84 Å². The number of hydrogen-bond acceptors (Lipinski definition) is 3. The van der Waals surface area contributed by atoms with Crippen LogP contribution in [0.2, 0.25) is 5.02 Å². The molecular formula is C10H8ClNO4. The molecule has 1 fully saturated rings. The van der Waals surface area contributed by atoms with Crippen LogP contribution in [0.25, 0.3) is 0 Å². The third kappa shape index (κ3) is 1.81. The fraction of sp³-hybridized carbons (Fsp3) is 0.200. The smallest absolute Gasteiger partial charge is 0.414 e. The van der Waals surface area contributed by atoms with Gasteiger partial charge in [-0.2, -0.15) is 0 Å². The van der Waals surface area contributed by atoms with Crippen molar-refractivity contribution in [3.8, 4) is 0 Å². The molecule has 6 heteroatoms. The molecule has 1 saturated heterocycles. The van der Waals surface area contributed by atoms with Crippen molar-refractivity contribution in [1.29, 1.82) is 0 Å². The minimum Gasteiger partial charge on any atom is -0.478 e. The Balaban J connectivity index is 2.42. The van der Waals surface area contributed by atoms with Gasteiger partial charge in [0, 0.05) is 0 Å². The molecule has 1 N–H and O–H groups in total. The first-order valence-corrected chi connectivity index (χ1v) is 4.94. The quantitative estimate of drug-likeness (QED) is 0.860. The van der Waals surface area contributed by atoms with Crippen molar-refractivity contribution in [3.05, 3.63) is 28.8 Å². The van der Waals surface area contributed by atoms with E-state index in [0.29, 0.717) is 17.3 Å². The van der Waals surface area contributed by atoms with Gasteiger partial charge in [0.15, 0.2) is 0 Å². The molecule has 84 valence electrons. The number of nitrogens with zero attached hydrogens (tertiary/aromatic N) is 1. The summed E-state index contributed by atoms with van der Waals surface area (Å²) in [5, 5.41) is 9.15. The van der Waals surface area contributed by atoms with E-state index in [9.17, 15) is 9.59 Å². The first-order valence-electron chi connectivity index (χ1n) is 4.57. The van der Waals surface area contributed by atoms with Crippen LogP contribution in [0.15, 0.2) is 18.2 Å². The number of ether oxygens (including phenoxy) is 1. The van der Waals surface area contributed by atoms with Crippen LogP contribution in [-0.2, 0) is 4.74 Å². The first-order chi connectivity index (χ1) is 7.59. The van der Waals surface area contributed by atoms with E-state index in [1.54, 1.807) is 0 Å². The van der Waals surface area contributed by atoms with Crippen molar-refractivity contribution in [2.75, 3.05) is 18.1 Å². The Morgan fingerprint density at radius 1 is 1.50 bits per heavy atom. The number of anilines is 1.